The van der Waals surface area contributed by atoms with Gasteiger partial charge in [0.25, 0.3) is 10.0 Å². The van der Waals surface area contributed by atoms with Crippen molar-refractivity contribution < 1.29 is 12.8 Å². The van der Waals surface area contributed by atoms with Crippen molar-refractivity contribution in [3.63, 3.8) is 0 Å². The standard InChI is InChI=1S/C12H14FN5O2S/c1-7-5-8(13)3-4-10(7)21(19,20)17-12-9(11(14)15)6-16-18(12)2/h3-6,17H,1-2H3,(H3,14,15). The molecule has 112 valence electrons. The normalized spacial score (nSPS) is 11.4. The molecule has 21 heavy (non-hydrogen) atoms. The molecule has 0 aliphatic rings. The van der Waals surface area contributed by atoms with Crippen LogP contribution in [0.2, 0.25) is 0 Å². The monoisotopic (exact) mass is 311 g/mol. The van der Waals surface area contributed by atoms with E-state index in [9.17, 15) is 12.8 Å². The van der Waals surface area contributed by atoms with Gasteiger partial charge in [-0.25, -0.2) is 12.8 Å². The highest BCUT2D eigenvalue weighted by Crippen LogP contribution is 2.22. The van der Waals surface area contributed by atoms with E-state index in [4.69, 9.17) is 11.1 Å². The molecular formula is C12H14FN5O2S. The van der Waals surface area contributed by atoms with E-state index in [1.165, 1.54) is 30.9 Å². The SMILES string of the molecule is Cc1cc(F)ccc1S(=O)(=O)Nc1c(C(=N)N)cnn1C. The van der Waals surface area contributed by atoms with Crippen LogP contribution >= 0.6 is 0 Å². The Labute approximate surface area is 121 Å². The Morgan fingerprint density at radius 2 is 2.14 bits per heavy atom. The number of nitrogens with two attached hydrogens (primary N) is 1. The van der Waals surface area contributed by atoms with E-state index in [1.54, 1.807) is 0 Å². The Balaban J connectivity index is 2.47. The molecule has 0 aliphatic heterocycles. The fourth-order valence-corrected chi connectivity index (χ4v) is 3.19. The third kappa shape index (κ3) is 2.87. The summed E-state index contributed by atoms with van der Waals surface area (Å²) >= 11 is 0. The van der Waals surface area contributed by atoms with Gasteiger partial charge < -0.3 is 5.73 Å². The van der Waals surface area contributed by atoms with Crippen molar-refractivity contribution in [2.45, 2.75) is 11.8 Å². The van der Waals surface area contributed by atoms with Gasteiger partial charge in [-0.05, 0) is 30.7 Å². The average Bonchev–Trinajstić information content (AvgIpc) is 2.70. The molecule has 0 saturated heterocycles. The number of benzene rings is 1. The third-order valence-corrected chi connectivity index (χ3v) is 4.39. The number of nitrogens with zero attached hydrogens (tertiary/aromatic N) is 2. The van der Waals surface area contributed by atoms with Crippen LogP contribution in [0.15, 0.2) is 29.3 Å². The zero-order valence-corrected chi connectivity index (χ0v) is 12.2. The van der Waals surface area contributed by atoms with Crippen LogP contribution in [-0.4, -0.2) is 24.0 Å². The molecule has 0 saturated carbocycles. The summed E-state index contributed by atoms with van der Waals surface area (Å²) in [4.78, 5) is -0.0559. The van der Waals surface area contributed by atoms with Crippen molar-refractivity contribution >= 4 is 21.7 Å². The molecule has 2 rings (SSSR count). The molecule has 0 amide bonds. The number of aromatic nitrogens is 2. The second-order valence-electron chi connectivity index (χ2n) is 4.46. The summed E-state index contributed by atoms with van der Waals surface area (Å²) in [5.41, 5.74) is 5.82. The first-order valence-electron chi connectivity index (χ1n) is 5.87. The maximum absolute atomic E-state index is 13.1. The minimum atomic E-state index is -3.94. The molecule has 2 aromatic rings. The first kappa shape index (κ1) is 15.0. The fraction of sp³-hybridized carbons (Fsp3) is 0.167. The van der Waals surface area contributed by atoms with Crippen molar-refractivity contribution in [2.75, 3.05) is 4.72 Å². The van der Waals surface area contributed by atoms with Crippen LogP contribution < -0.4 is 10.5 Å². The largest absolute Gasteiger partial charge is 0.384 e. The molecular weight excluding hydrogens is 297 g/mol. The lowest BCUT2D eigenvalue weighted by Crippen LogP contribution is -2.20. The molecule has 1 heterocycles. The van der Waals surface area contributed by atoms with Crippen LogP contribution in [0, 0.1) is 18.2 Å². The van der Waals surface area contributed by atoms with Crippen LogP contribution in [0.25, 0.3) is 0 Å². The predicted molar refractivity (Wildman–Crippen MR) is 76.2 cm³/mol. The number of aryl methyl sites for hydroxylation is 2. The minimum absolute atomic E-state index is 0.0559. The van der Waals surface area contributed by atoms with Gasteiger partial charge in [0.05, 0.1) is 16.7 Å². The Morgan fingerprint density at radius 3 is 2.71 bits per heavy atom. The van der Waals surface area contributed by atoms with Gasteiger partial charge in [0.15, 0.2) is 0 Å². The average molecular weight is 311 g/mol. The molecule has 0 unspecified atom stereocenters. The predicted octanol–water partition coefficient (Wildman–Crippen LogP) is 0.952. The highest BCUT2D eigenvalue weighted by Gasteiger charge is 2.21. The molecule has 1 aromatic heterocycles. The second kappa shape index (κ2) is 5.17. The molecule has 4 N–H and O–H groups in total. The summed E-state index contributed by atoms with van der Waals surface area (Å²) in [7, 11) is -2.42. The van der Waals surface area contributed by atoms with Crippen LogP contribution in [0.5, 0.6) is 0 Å². The number of rotatable bonds is 4. The maximum atomic E-state index is 13.1. The smallest absolute Gasteiger partial charge is 0.263 e. The topological polar surface area (TPSA) is 114 Å². The lowest BCUT2D eigenvalue weighted by Gasteiger charge is -2.12. The maximum Gasteiger partial charge on any atom is 0.263 e. The summed E-state index contributed by atoms with van der Waals surface area (Å²) in [5, 5.41) is 11.3. The molecule has 7 nitrogen and oxygen atoms in total. The van der Waals surface area contributed by atoms with Gasteiger partial charge in [0.1, 0.15) is 17.5 Å². The van der Waals surface area contributed by atoms with Crippen molar-refractivity contribution in [2.24, 2.45) is 12.8 Å². The number of nitrogens with one attached hydrogen (secondary N) is 2. The summed E-state index contributed by atoms with van der Waals surface area (Å²) in [5.74, 6) is -0.751. The molecule has 0 atom stereocenters. The van der Waals surface area contributed by atoms with Gasteiger partial charge in [0, 0.05) is 7.05 Å². The van der Waals surface area contributed by atoms with Gasteiger partial charge in [-0.2, -0.15) is 5.10 Å². The number of hydrogen-bond acceptors (Lipinski definition) is 4. The summed E-state index contributed by atoms with van der Waals surface area (Å²) in [6.45, 7) is 1.49. The summed E-state index contributed by atoms with van der Waals surface area (Å²) in [6.07, 6.45) is 1.29. The first-order chi connectivity index (χ1) is 9.72. The second-order valence-corrected chi connectivity index (χ2v) is 6.11. The van der Waals surface area contributed by atoms with Crippen LogP contribution in [0.3, 0.4) is 0 Å². The Morgan fingerprint density at radius 1 is 1.48 bits per heavy atom. The number of anilines is 1. The summed E-state index contributed by atoms with van der Waals surface area (Å²) in [6, 6.07) is 3.37. The molecule has 9 heteroatoms. The number of hydrogen-bond donors (Lipinski definition) is 3. The van der Waals surface area contributed by atoms with E-state index >= 15 is 0 Å². The molecule has 0 fully saturated rings. The van der Waals surface area contributed by atoms with E-state index in [0.29, 0.717) is 0 Å². The van der Waals surface area contributed by atoms with E-state index in [1.807, 2.05) is 0 Å². The van der Waals surface area contributed by atoms with Crippen molar-refractivity contribution in [1.29, 1.82) is 5.41 Å². The van der Waals surface area contributed by atoms with Gasteiger partial charge in [-0.1, -0.05) is 0 Å². The zero-order chi connectivity index (χ0) is 15.8. The van der Waals surface area contributed by atoms with Crippen LogP contribution in [-0.2, 0) is 17.1 Å². The molecule has 1 aromatic carbocycles. The van der Waals surface area contributed by atoms with Crippen molar-refractivity contribution in [3.8, 4) is 0 Å². The molecule has 0 bridgehead atoms. The highest BCUT2D eigenvalue weighted by atomic mass is 32.2. The minimum Gasteiger partial charge on any atom is -0.384 e. The molecule has 0 spiro atoms. The number of nitrogen functional groups attached to an aromatic ring is 1. The van der Waals surface area contributed by atoms with E-state index < -0.39 is 15.8 Å². The molecule has 0 radical (unpaired) electrons. The number of amidine groups is 1. The van der Waals surface area contributed by atoms with E-state index in [-0.39, 0.29) is 27.7 Å². The van der Waals surface area contributed by atoms with Crippen LogP contribution in [0.4, 0.5) is 10.2 Å². The quantitative estimate of drug-likeness (QED) is 0.576. The van der Waals surface area contributed by atoms with Gasteiger partial charge in [0.2, 0.25) is 0 Å². The van der Waals surface area contributed by atoms with Crippen molar-refractivity contribution in [3.05, 3.63) is 41.3 Å². The third-order valence-electron chi connectivity index (χ3n) is 2.89. The van der Waals surface area contributed by atoms with E-state index in [0.717, 1.165) is 12.1 Å². The Kier molecular flexibility index (Phi) is 3.69. The zero-order valence-electron chi connectivity index (χ0n) is 11.4. The lowest BCUT2D eigenvalue weighted by atomic mass is 10.2. The van der Waals surface area contributed by atoms with Gasteiger partial charge >= 0.3 is 0 Å². The number of sulfonamides is 1. The first-order valence-corrected chi connectivity index (χ1v) is 7.36. The highest BCUT2D eigenvalue weighted by molar-refractivity contribution is 7.92. The summed E-state index contributed by atoms with van der Waals surface area (Å²) < 4.78 is 41.4. The molecule has 0 aliphatic carbocycles. The Hall–Kier alpha value is -2.42. The lowest BCUT2D eigenvalue weighted by molar-refractivity contribution is 0.597. The Bertz CT molecular complexity index is 813. The van der Waals surface area contributed by atoms with Gasteiger partial charge in [-0.15, -0.1) is 0 Å². The van der Waals surface area contributed by atoms with E-state index in [2.05, 4.69) is 9.82 Å². The van der Waals surface area contributed by atoms with Crippen LogP contribution in [0.1, 0.15) is 11.1 Å². The fourth-order valence-electron chi connectivity index (χ4n) is 1.85. The number of halogens is 1. The van der Waals surface area contributed by atoms with Gasteiger partial charge in [-0.3, -0.25) is 14.8 Å². The van der Waals surface area contributed by atoms with Crippen molar-refractivity contribution in [1.82, 2.24) is 9.78 Å².